The molecule has 1 aliphatic heterocycles. The quantitative estimate of drug-likeness (QED) is 0.869. The summed E-state index contributed by atoms with van der Waals surface area (Å²) in [5.74, 6) is 0.312. The van der Waals surface area contributed by atoms with Crippen molar-refractivity contribution in [1.29, 1.82) is 0 Å². The Labute approximate surface area is 133 Å². The highest BCUT2D eigenvalue weighted by molar-refractivity contribution is 9.10. The summed E-state index contributed by atoms with van der Waals surface area (Å²) in [6, 6.07) is 6.54. The molecule has 0 aromatic heterocycles. The lowest BCUT2D eigenvalue weighted by molar-refractivity contribution is 0.295. The third kappa shape index (κ3) is 3.47. The van der Waals surface area contributed by atoms with Crippen LogP contribution in [0, 0.1) is 0 Å². The Kier molecular flexibility index (Phi) is 4.17. The van der Waals surface area contributed by atoms with E-state index in [1.807, 2.05) is 25.7 Å². The highest BCUT2D eigenvalue weighted by Gasteiger charge is 2.33. The van der Waals surface area contributed by atoms with Gasteiger partial charge in [-0.15, -0.1) is 0 Å². The zero-order chi connectivity index (χ0) is 15.8. The molecule has 1 aromatic rings. The first kappa shape index (κ1) is 16.0. The van der Waals surface area contributed by atoms with Crippen LogP contribution in [0.5, 0.6) is 0 Å². The van der Waals surface area contributed by atoms with Crippen molar-refractivity contribution in [3.63, 3.8) is 0 Å². The molecule has 0 atom stereocenters. The Balaban J connectivity index is 2.31. The number of hydrogen-bond donors (Lipinski definition) is 1. The average Bonchev–Trinajstić information content (AvgIpc) is 2.69. The third-order valence-corrected chi connectivity index (χ3v) is 4.76. The topological polar surface area (TPSA) is 61.8 Å². The van der Waals surface area contributed by atoms with E-state index >= 15 is 0 Å². The molecule has 0 amide bonds. The minimum atomic E-state index is -3.68. The molecule has 2 rings (SSSR count). The van der Waals surface area contributed by atoms with Crippen LogP contribution in [0.15, 0.2) is 50.9 Å². The summed E-state index contributed by atoms with van der Waals surface area (Å²) in [6.45, 7) is 10.3. The van der Waals surface area contributed by atoms with Gasteiger partial charge in [0.2, 0.25) is 5.96 Å². The lowest BCUT2D eigenvalue weighted by Gasteiger charge is -2.35. The van der Waals surface area contributed by atoms with Crippen LogP contribution >= 0.6 is 15.9 Å². The first-order chi connectivity index (χ1) is 9.61. The molecule has 0 radical (unpaired) electrons. The second-order valence-corrected chi connectivity index (χ2v) is 8.37. The molecule has 1 heterocycles. The van der Waals surface area contributed by atoms with Gasteiger partial charge < -0.3 is 4.90 Å². The normalized spacial score (nSPS) is 16.1. The van der Waals surface area contributed by atoms with Crippen LogP contribution in [0.25, 0.3) is 0 Å². The molecule has 0 fully saturated rings. The first-order valence-corrected chi connectivity index (χ1v) is 8.70. The summed E-state index contributed by atoms with van der Waals surface area (Å²) < 4.78 is 28.2. The number of nitrogens with one attached hydrogen (secondary N) is 1. The van der Waals surface area contributed by atoms with Gasteiger partial charge in [0, 0.05) is 15.7 Å². The Hall–Kier alpha value is -1.34. The number of aliphatic imine (C=N–C) groups is 1. The molecular formula is C14H18BrN3O2S. The number of nitrogens with zero attached hydrogens (tertiary/aromatic N) is 2. The monoisotopic (exact) mass is 371 g/mol. The van der Waals surface area contributed by atoms with Crippen LogP contribution in [0.2, 0.25) is 0 Å². The van der Waals surface area contributed by atoms with Gasteiger partial charge in [-0.3, -0.25) is 0 Å². The molecule has 0 saturated heterocycles. The number of hydrogen-bond acceptors (Lipinski definition) is 4. The van der Waals surface area contributed by atoms with E-state index in [4.69, 9.17) is 0 Å². The van der Waals surface area contributed by atoms with Gasteiger partial charge in [-0.05, 0) is 39.0 Å². The van der Waals surface area contributed by atoms with E-state index in [2.05, 4.69) is 32.2 Å². The van der Waals surface area contributed by atoms with Gasteiger partial charge in [-0.1, -0.05) is 28.6 Å². The van der Waals surface area contributed by atoms with E-state index in [1.54, 1.807) is 24.3 Å². The molecule has 0 unspecified atom stereocenters. The number of rotatable bonds is 2. The number of halogens is 1. The van der Waals surface area contributed by atoms with E-state index in [0.29, 0.717) is 17.0 Å². The third-order valence-electron chi connectivity index (χ3n) is 2.94. The molecule has 21 heavy (non-hydrogen) atoms. The fourth-order valence-corrected chi connectivity index (χ4v) is 3.75. The Bertz CT molecular complexity index is 705. The maximum absolute atomic E-state index is 12.5. The zero-order valence-electron chi connectivity index (χ0n) is 12.2. The van der Waals surface area contributed by atoms with Crippen LogP contribution in [-0.4, -0.2) is 31.4 Å². The largest absolute Gasteiger partial charge is 0.309 e. The first-order valence-electron chi connectivity index (χ1n) is 6.42. The molecule has 0 spiro atoms. The average molecular weight is 372 g/mol. The molecule has 0 saturated carbocycles. The van der Waals surface area contributed by atoms with Gasteiger partial charge in [0.25, 0.3) is 10.0 Å². The summed E-state index contributed by atoms with van der Waals surface area (Å²) >= 11 is 3.27. The number of benzene rings is 1. The predicted molar refractivity (Wildman–Crippen MR) is 87.5 cm³/mol. The van der Waals surface area contributed by atoms with Crippen LogP contribution in [0.4, 0.5) is 0 Å². The maximum atomic E-state index is 12.5. The summed E-state index contributed by atoms with van der Waals surface area (Å²) in [6.07, 6.45) is 0. The van der Waals surface area contributed by atoms with Crippen molar-refractivity contribution >= 4 is 31.9 Å². The van der Waals surface area contributed by atoms with Crippen molar-refractivity contribution in [2.75, 3.05) is 6.54 Å². The maximum Gasteiger partial charge on any atom is 0.264 e. The van der Waals surface area contributed by atoms with Crippen molar-refractivity contribution in [2.45, 2.75) is 31.2 Å². The fourth-order valence-electron chi connectivity index (χ4n) is 2.14. The van der Waals surface area contributed by atoms with E-state index in [1.165, 1.54) is 0 Å². The lowest BCUT2D eigenvalue weighted by Crippen LogP contribution is -2.49. The van der Waals surface area contributed by atoms with Crippen LogP contribution in [-0.2, 0) is 10.0 Å². The van der Waals surface area contributed by atoms with E-state index in [9.17, 15) is 8.42 Å². The van der Waals surface area contributed by atoms with Gasteiger partial charge in [0.1, 0.15) is 0 Å². The molecule has 114 valence electrons. The van der Waals surface area contributed by atoms with Gasteiger partial charge in [0.05, 0.1) is 11.4 Å². The van der Waals surface area contributed by atoms with Gasteiger partial charge in [0.15, 0.2) is 0 Å². The Morgan fingerprint density at radius 1 is 1.38 bits per heavy atom. The SMILES string of the molecule is C=C1CN=C(NS(=O)(=O)c2cccc(Br)c2)N1C(C)(C)C. The summed E-state index contributed by atoms with van der Waals surface area (Å²) in [7, 11) is -3.68. The zero-order valence-corrected chi connectivity index (χ0v) is 14.6. The van der Waals surface area contributed by atoms with Gasteiger partial charge in [-0.25, -0.2) is 18.1 Å². The van der Waals surface area contributed by atoms with Crippen molar-refractivity contribution in [1.82, 2.24) is 9.62 Å². The predicted octanol–water partition coefficient (Wildman–Crippen LogP) is 2.71. The molecule has 1 aliphatic rings. The molecular weight excluding hydrogens is 354 g/mol. The number of sulfonamides is 1. The molecule has 0 aliphatic carbocycles. The minimum absolute atomic E-state index is 0.186. The Morgan fingerprint density at radius 2 is 2.05 bits per heavy atom. The second kappa shape index (κ2) is 5.46. The smallest absolute Gasteiger partial charge is 0.264 e. The van der Waals surface area contributed by atoms with Crippen LogP contribution < -0.4 is 4.72 Å². The van der Waals surface area contributed by atoms with E-state index in [-0.39, 0.29) is 10.4 Å². The highest BCUT2D eigenvalue weighted by Crippen LogP contribution is 2.24. The van der Waals surface area contributed by atoms with E-state index in [0.717, 1.165) is 5.70 Å². The molecule has 5 nitrogen and oxygen atoms in total. The van der Waals surface area contributed by atoms with Crippen molar-refractivity contribution in [3.05, 3.63) is 41.0 Å². The van der Waals surface area contributed by atoms with Crippen LogP contribution in [0.3, 0.4) is 0 Å². The molecule has 0 bridgehead atoms. The summed E-state index contributed by atoms with van der Waals surface area (Å²) in [4.78, 5) is 6.23. The second-order valence-electron chi connectivity index (χ2n) is 5.78. The standard InChI is InChI=1S/C14H18BrN3O2S/c1-10-9-16-13(18(10)14(2,3)4)17-21(19,20)12-7-5-6-11(15)8-12/h5-8H,1,9H2,2-4H3,(H,16,17). The van der Waals surface area contributed by atoms with Gasteiger partial charge in [-0.2, -0.15) is 0 Å². The number of guanidine groups is 1. The van der Waals surface area contributed by atoms with E-state index < -0.39 is 10.0 Å². The van der Waals surface area contributed by atoms with Crippen molar-refractivity contribution in [2.24, 2.45) is 4.99 Å². The summed E-state index contributed by atoms with van der Waals surface area (Å²) in [5.41, 5.74) is 0.473. The highest BCUT2D eigenvalue weighted by atomic mass is 79.9. The Morgan fingerprint density at radius 3 is 2.62 bits per heavy atom. The lowest BCUT2D eigenvalue weighted by atomic mass is 10.1. The molecule has 1 aromatic carbocycles. The van der Waals surface area contributed by atoms with Gasteiger partial charge >= 0.3 is 0 Å². The molecule has 1 N–H and O–H groups in total. The molecule has 7 heteroatoms. The van der Waals surface area contributed by atoms with Crippen LogP contribution in [0.1, 0.15) is 20.8 Å². The van der Waals surface area contributed by atoms with Crippen molar-refractivity contribution in [3.8, 4) is 0 Å². The van der Waals surface area contributed by atoms with Crippen molar-refractivity contribution < 1.29 is 8.42 Å². The minimum Gasteiger partial charge on any atom is -0.309 e. The fraction of sp³-hybridized carbons (Fsp3) is 0.357. The summed E-state index contributed by atoms with van der Waals surface area (Å²) in [5, 5.41) is 0.